The first-order valence-electron chi connectivity index (χ1n) is 7.82. The van der Waals surface area contributed by atoms with Gasteiger partial charge in [0.1, 0.15) is 11.5 Å². The largest absolute Gasteiger partial charge is 0.463 e. The van der Waals surface area contributed by atoms with E-state index < -0.39 is 0 Å². The number of hydrogen-bond acceptors (Lipinski definition) is 4. The summed E-state index contributed by atoms with van der Waals surface area (Å²) in [6.45, 7) is 12.2. The third kappa shape index (κ3) is 4.62. The number of nitrogens with one attached hydrogen (secondary N) is 1. The van der Waals surface area contributed by atoms with Crippen LogP contribution in [0.3, 0.4) is 0 Å². The van der Waals surface area contributed by atoms with E-state index in [1.54, 1.807) is 0 Å². The molecule has 0 radical (unpaired) electrons. The maximum absolute atomic E-state index is 5.99. The maximum atomic E-state index is 5.99. The van der Waals surface area contributed by atoms with Crippen LogP contribution in [0.15, 0.2) is 10.5 Å². The molecule has 2 heterocycles. The molecule has 0 spiro atoms. The fraction of sp³-hybridized carbons (Fsp3) is 0.750. The van der Waals surface area contributed by atoms with Crippen LogP contribution in [0.2, 0.25) is 0 Å². The molecule has 1 aromatic heterocycles. The van der Waals surface area contributed by atoms with Gasteiger partial charge >= 0.3 is 0 Å². The van der Waals surface area contributed by atoms with Crippen molar-refractivity contribution in [2.24, 2.45) is 0 Å². The lowest BCUT2D eigenvalue weighted by Crippen LogP contribution is -2.29. The molecular weight excluding hydrogens is 252 g/mol. The zero-order valence-corrected chi connectivity index (χ0v) is 13.1. The summed E-state index contributed by atoms with van der Waals surface area (Å²) in [7, 11) is 0. The van der Waals surface area contributed by atoms with Gasteiger partial charge in [-0.25, -0.2) is 0 Å². The molecule has 20 heavy (non-hydrogen) atoms. The van der Waals surface area contributed by atoms with Gasteiger partial charge in [0.05, 0.1) is 19.2 Å². The van der Waals surface area contributed by atoms with E-state index in [-0.39, 0.29) is 0 Å². The molecule has 4 nitrogen and oxygen atoms in total. The maximum Gasteiger partial charge on any atom is 0.120 e. The van der Waals surface area contributed by atoms with E-state index in [1.165, 1.54) is 5.56 Å². The Hall–Kier alpha value is -0.840. The van der Waals surface area contributed by atoms with Gasteiger partial charge in [0.25, 0.3) is 0 Å². The van der Waals surface area contributed by atoms with Crippen LogP contribution < -0.4 is 5.32 Å². The smallest absolute Gasteiger partial charge is 0.120 e. The minimum absolute atomic E-state index is 0.319. The fourth-order valence-corrected chi connectivity index (χ4v) is 2.67. The highest BCUT2D eigenvalue weighted by Crippen LogP contribution is 2.17. The van der Waals surface area contributed by atoms with Crippen molar-refractivity contribution in [3.05, 3.63) is 23.2 Å². The van der Waals surface area contributed by atoms with Gasteiger partial charge in [0.2, 0.25) is 0 Å². The highest BCUT2D eigenvalue weighted by Gasteiger charge is 2.17. The molecule has 0 bridgehead atoms. The molecule has 2 rings (SSSR count). The van der Waals surface area contributed by atoms with E-state index in [0.717, 1.165) is 63.7 Å². The van der Waals surface area contributed by atoms with Gasteiger partial charge in [-0.3, -0.25) is 4.90 Å². The molecule has 0 aromatic carbocycles. The highest BCUT2D eigenvalue weighted by atomic mass is 16.5. The molecule has 1 aromatic rings. The topological polar surface area (TPSA) is 37.6 Å². The van der Waals surface area contributed by atoms with Gasteiger partial charge in [-0.05, 0) is 44.9 Å². The summed E-state index contributed by atoms with van der Waals surface area (Å²) in [5, 5.41) is 3.40. The number of furan rings is 1. The molecule has 114 valence electrons. The molecule has 1 fully saturated rings. The van der Waals surface area contributed by atoms with Crippen molar-refractivity contribution in [3.8, 4) is 0 Å². The van der Waals surface area contributed by atoms with Crippen LogP contribution in [-0.4, -0.2) is 37.2 Å². The molecule has 0 amide bonds. The summed E-state index contributed by atoms with van der Waals surface area (Å²) in [6, 6.07) is 2.18. The summed E-state index contributed by atoms with van der Waals surface area (Å²) in [6.07, 6.45) is 2.58. The fourth-order valence-electron chi connectivity index (χ4n) is 2.67. The number of nitrogens with zero attached hydrogens (tertiary/aromatic N) is 1. The van der Waals surface area contributed by atoms with Crippen LogP contribution in [0, 0.1) is 6.92 Å². The molecule has 1 N–H and O–H groups in total. The summed E-state index contributed by atoms with van der Waals surface area (Å²) < 4.78 is 11.7. The van der Waals surface area contributed by atoms with E-state index >= 15 is 0 Å². The Kier molecular flexibility index (Phi) is 6.07. The van der Waals surface area contributed by atoms with Gasteiger partial charge in [-0.1, -0.05) is 6.92 Å². The van der Waals surface area contributed by atoms with Crippen molar-refractivity contribution in [2.45, 2.75) is 52.8 Å². The Labute approximate surface area is 122 Å². The van der Waals surface area contributed by atoms with Gasteiger partial charge in [0.15, 0.2) is 0 Å². The van der Waals surface area contributed by atoms with Crippen LogP contribution in [0.1, 0.15) is 43.8 Å². The summed E-state index contributed by atoms with van der Waals surface area (Å²) in [5.74, 6) is 2.15. The van der Waals surface area contributed by atoms with Crippen molar-refractivity contribution < 1.29 is 9.15 Å². The van der Waals surface area contributed by atoms with E-state index in [4.69, 9.17) is 9.15 Å². The molecular formula is C16H28N2O2. The van der Waals surface area contributed by atoms with E-state index in [9.17, 15) is 0 Å². The summed E-state index contributed by atoms with van der Waals surface area (Å²) in [5.41, 5.74) is 1.25. The van der Waals surface area contributed by atoms with Gasteiger partial charge in [-0.15, -0.1) is 0 Å². The van der Waals surface area contributed by atoms with Crippen molar-refractivity contribution in [2.75, 3.05) is 26.2 Å². The first-order valence-corrected chi connectivity index (χ1v) is 7.82. The third-order valence-electron chi connectivity index (χ3n) is 3.70. The molecule has 0 saturated carbocycles. The minimum Gasteiger partial charge on any atom is -0.463 e. The van der Waals surface area contributed by atoms with E-state index in [2.05, 4.69) is 37.1 Å². The number of hydrogen-bond donors (Lipinski definition) is 1. The van der Waals surface area contributed by atoms with Crippen LogP contribution in [0.5, 0.6) is 0 Å². The standard InChI is InChI=1S/C16H28N2O2/c1-4-6-17-10-16-13(2)9-15(20-16)12-18-7-5-8-19-14(3)11-18/h9,14,17H,4-8,10-12H2,1-3H3. The Morgan fingerprint density at radius 1 is 1.45 bits per heavy atom. The second kappa shape index (κ2) is 7.81. The molecule has 4 heteroatoms. The Bertz CT molecular complexity index is 403. The average Bonchev–Trinajstić information content (AvgIpc) is 2.62. The molecule has 1 aliphatic heterocycles. The van der Waals surface area contributed by atoms with Crippen LogP contribution in [0.25, 0.3) is 0 Å². The Balaban J connectivity index is 1.90. The molecule has 1 saturated heterocycles. The average molecular weight is 280 g/mol. The highest BCUT2D eigenvalue weighted by molar-refractivity contribution is 5.20. The minimum atomic E-state index is 0.319. The first kappa shape index (κ1) is 15.5. The van der Waals surface area contributed by atoms with Crippen molar-refractivity contribution in [1.29, 1.82) is 0 Å². The predicted octanol–water partition coefficient (Wildman–Crippen LogP) is 2.70. The zero-order chi connectivity index (χ0) is 14.4. The third-order valence-corrected chi connectivity index (χ3v) is 3.70. The van der Waals surface area contributed by atoms with Gasteiger partial charge < -0.3 is 14.5 Å². The molecule has 1 unspecified atom stereocenters. The van der Waals surface area contributed by atoms with Crippen molar-refractivity contribution in [1.82, 2.24) is 10.2 Å². The molecule has 1 aliphatic rings. The number of ether oxygens (including phenoxy) is 1. The van der Waals surface area contributed by atoms with Crippen LogP contribution in [-0.2, 0) is 17.8 Å². The lowest BCUT2D eigenvalue weighted by molar-refractivity contribution is 0.0658. The van der Waals surface area contributed by atoms with Gasteiger partial charge in [-0.2, -0.15) is 0 Å². The predicted molar refractivity (Wildman–Crippen MR) is 80.8 cm³/mol. The lowest BCUT2D eigenvalue weighted by Gasteiger charge is -2.20. The van der Waals surface area contributed by atoms with Crippen molar-refractivity contribution >= 4 is 0 Å². The van der Waals surface area contributed by atoms with E-state index in [1.807, 2.05) is 0 Å². The quantitative estimate of drug-likeness (QED) is 0.813. The number of rotatable bonds is 6. The second-order valence-corrected chi connectivity index (χ2v) is 5.77. The first-order chi connectivity index (χ1) is 9.69. The SMILES string of the molecule is CCCNCc1oc(CN2CCCOC(C)C2)cc1C. The van der Waals surface area contributed by atoms with Gasteiger partial charge in [0, 0.05) is 19.7 Å². The summed E-state index contributed by atoms with van der Waals surface area (Å²) in [4.78, 5) is 2.43. The van der Waals surface area contributed by atoms with Crippen LogP contribution >= 0.6 is 0 Å². The second-order valence-electron chi connectivity index (χ2n) is 5.77. The lowest BCUT2D eigenvalue weighted by atomic mass is 10.2. The van der Waals surface area contributed by atoms with Crippen LogP contribution in [0.4, 0.5) is 0 Å². The normalized spacial score (nSPS) is 21.1. The Morgan fingerprint density at radius 3 is 3.10 bits per heavy atom. The molecule has 0 aliphatic carbocycles. The Morgan fingerprint density at radius 2 is 2.30 bits per heavy atom. The summed E-state index contributed by atoms with van der Waals surface area (Å²) >= 11 is 0. The molecule has 1 atom stereocenters. The van der Waals surface area contributed by atoms with Crippen molar-refractivity contribution in [3.63, 3.8) is 0 Å². The monoisotopic (exact) mass is 280 g/mol. The zero-order valence-electron chi connectivity index (χ0n) is 13.1. The number of aryl methyl sites for hydroxylation is 1. The van der Waals surface area contributed by atoms with E-state index in [0.29, 0.717) is 6.10 Å².